The molecular weight excluding hydrogens is 242 g/mol. The van der Waals surface area contributed by atoms with Gasteiger partial charge in [-0.05, 0) is 24.7 Å². The third kappa shape index (κ3) is 3.44. The Morgan fingerprint density at radius 1 is 1.21 bits per heavy atom. The number of rotatable bonds is 4. The third-order valence-corrected chi connectivity index (χ3v) is 3.45. The maximum absolute atomic E-state index is 5.39. The molecule has 7 nitrogen and oxygen atoms in total. The number of nitrogens with one attached hydrogen (secondary N) is 2. The van der Waals surface area contributed by atoms with Crippen molar-refractivity contribution in [3.8, 4) is 0 Å². The van der Waals surface area contributed by atoms with E-state index >= 15 is 0 Å². The Morgan fingerprint density at radius 3 is 2.42 bits per heavy atom. The van der Waals surface area contributed by atoms with E-state index in [-0.39, 0.29) is 0 Å². The largest absolute Gasteiger partial charge is 0.351 e. The molecule has 1 aromatic heterocycles. The molecule has 4 N–H and O–H groups in total. The topological polar surface area (TPSA) is 92.0 Å². The average Bonchev–Trinajstić information content (AvgIpc) is 2.68. The highest BCUT2D eigenvalue weighted by Gasteiger charge is 2.31. The first kappa shape index (κ1) is 13.8. The molecule has 0 saturated heterocycles. The van der Waals surface area contributed by atoms with Gasteiger partial charge in [0.1, 0.15) is 0 Å². The van der Waals surface area contributed by atoms with E-state index in [1.165, 1.54) is 6.42 Å². The molecule has 0 spiro atoms. The molecule has 7 heteroatoms. The van der Waals surface area contributed by atoms with Gasteiger partial charge in [0.15, 0.2) is 0 Å². The molecule has 1 aliphatic carbocycles. The van der Waals surface area contributed by atoms with Gasteiger partial charge >= 0.3 is 0 Å². The fourth-order valence-corrected chi connectivity index (χ4v) is 2.44. The first-order chi connectivity index (χ1) is 8.89. The van der Waals surface area contributed by atoms with Gasteiger partial charge in [0.25, 0.3) is 0 Å². The zero-order valence-corrected chi connectivity index (χ0v) is 12.1. The van der Waals surface area contributed by atoms with E-state index in [4.69, 9.17) is 5.84 Å². The van der Waals surface area contributed by atoms with Crippen molar-refractivity contribution >= 4 is 17.8 Å². The van der Waals surface area contributed by atoms with Gasteiger partial charge in [-0.25, -0.2) is 5.84 Å². The van der Waals surface area contributed by atoms with Gasteiger partial charge in [-0.3, -0.25) is 5.43 Å². The maximum atomic E-state index is 5.39. The second kappa shape index (κ2) is 5.16. The number of hydrogen-bond donors (Lipinski definition) is 3. The smallest absolute Gasteiger partial charge is 0.243 e. The molecule has 0 bridgehead atoms. The predicted molar refractivity (Wildman–Crippen MR) is 77.0 cm³/mol. The average molecular weight is 265 g/mol. The molecule has 2 rings (SSSR count). The van der Waals surface area contributed by atoms with Crippen molar-refractivity contribution in [1.29, 1.82) is 0 Å². The number of nitrogen functional groups attached to an aromatic ring is 1. The van der Waals surface area contributed by atoms with Gasteiger partial charge in [-0.2, -0.15) is 15.0 Å². The fraction of sp³-hybridized carbons (Fsp3) is 0.750. The SMILES string of the molecule is CN(C)c1nc(NN)nc(NC2CCC(C)(C)C2)n1. The molecule has 1 atom stereocenters. The van der Waals surface area contributed by atoms with Crippen LogP contribution in [-0.4, -0.2) is 35.1 Å². The van der Waals surface area contributed by atoms with E-state index in [1.807, 2.05) is 19.0 Å². The molecule has 1 aromatic rings. The summed E-state index contributed by atoms with van der Waals surface area (Å²) in [6.07, 6.45) is 3.49. The predicted octanol–water partition coefficient (Wildman–Crippen LogP) is 1.21. The van der Waals surface area contributed by atoms with Crippen LogP contribution in [0.4, 0.5) is 17.8 Å². The van der Waals surface area contributed by atoms with E-state index in [2.05, 4.69) is 39.5 Å². The Bertz CT molecular complexity index is 444. The lowest BCUT2D eigenvalue weighted by Gasteiger charge is -2.18. The van der Waals surface area contributed by atoms with Gasteiger partial charge in [0.05, 0.1) is 0 Å². The maximum Gasteiger partial charge on any atom is 0.243 e. The van der Waals surface area contributed by atoms with Crippen molar-refractivity contribution in [2.45, 2.75) is 39.2 Å². The minimum atomic E-state index is 0.374. The summed E-state index contributed by atoms with van der Waals surface area (Å²) in [4.78, 5) is 14.6. The van der Waals surface area contributed by atoms with E-state index in [9.17, 15) is 0 Å². The summed E-state index contributed by atoms with van der Waals surface area (Å²) >= 11 is 0. The number of hydrazine groups is 1. The van der Waals surface area contributed by atoms with Crippen molar-refractivity contribution in [1.82, 2.24) is 15.0 Å². The quantitative estimate of drug-likeness (QED) is 0.556. The number of nitrogens with two attached hydrogens (primary N) is 1. The molecule has 106 valence electrons. The molecule has 1 fully saturated rings. The Kier molecular flexibility index (Phi) is 3.75. The van der Waals surface area contributed by atoms with Crippen molar-refractivity contribution in [3.63, 3.8) is 0 Å². The minimum Gasteiger partial charge on any atom is -0.351 e. The molecule has 0 radical (unpaired) electrons. The van der Waals surface area contributed by atoms with Crippen LogP contribution in [0.25, 0.3) is 0 Å². The van der Waals surface area contributed by atoms with Crippen LogP contribution in [-0.2, 0) is 0 Å². The Morgan fingerprint density at radius 2 is 1.89 bits per heavy atom. The highest BCUT2D eigenvalue weighted by molar-refractivity contribution is 5.42. The van der Waals surface area contributed by atoms with Crippen LogP contribution >= 0.6 is 0 Å². The molecule has 19 heavy (non-hydrogen) atoms. The van der Waals surface area contributed by atoms with Gasteiger partial charge in [-0.15, -0.1) is 0 Å². The Hall–Kier alpha value is -1.63. The Balaban J connectivity index is 2.13. The van der Waals surface area contributed by atoms with Crippen LogP contribution in [0.15, 0.2) is 0 Å². The van der Waals surface area contributed by atoms with Crippen LogP contribution in [0.3, 0.4) is 0 Å². The summed E-state index contributed by atoms with van der Waals surface area (Å²) in [6.45, 7) is 4.58. The van der Waals surface area contributed by atoms with Crippen LogP contribution in [0.5, 0.6) is 0 Å². The second-order valence-corrected chi connectivity index (χ2v) is 6.07. The highest BCUT2D eigenvalue weighted by Crippen LogP contribution is 2.38. The summed E-state index contributed by atoms with van der Waals surface area (Å²) in [5.41, 5.74) is 2.87. The van der Waals surface area contributed by atoms with Crippen LogP contribution in [0, 0.1) is 5.41 Å². The molecule has 0 aliphatic heterocycles. The van der Waals surface area contributed by atoms with Crippen molar-refractivity contribution in [2.75, 3.05) is 29.7 Å². The first-order valence-electron chi connectivity index (χ1n) is 6.56. The van der Waals surface area contributed by atoms with Crippen LogP contribution in [0.1, 0.15) is 33.1 Å². The molecule has 1 heterocycles. The molecule has 0 amide bonds. The summed E-state index contributed by atoms with van der Waals surface area (Å²) in [5.74, 6) is 6.93. The second-order valence-electron chi connectivity index (χ2n) is 6.07. The number of aromatic nitrogens is 3. The van der Waals surface area contributed by atoms with E-state index < -0.39 is 0 Å². The molecular formula is C12H23N7. The van der Waals surface area contributed by atoms with Gasteiger partial charge in [0, 0.05) is 20.1 Å². The lowest BCUT2D eigenvalue weighted by atomic mass is 9.92. The number of nitrogens with zero attached hydrogens (tertiary/aromatic N) is 4. The standard InChI is InChI=1S/C12H23N7/c1-12(2)6-5-8(7-12)14-9-15-10(18-13)17-11(16-9)19(3)4/h8H,5-7,13H2,1-4H3,(H2,14,15,16,17,18). The Labute approximate surface area is 114 Å². The summed E-state index contributed by atoms with van der Waals surface area (Å²) in [7, 11) is 3.77. The van der Waals surface area contributed by atoms with E-state index in [0.29, 0.717) is 29.3 Å². The highest BCUT2D eigenvalue weighted by atomic mass is 15.4. The molecule has 1 aliphatic rings. The van der Waals surface area contributed by atoms with Crippen molar-refractivity contribution in [3.05, 3.63) is 0 Å². The minimum absolute atomic E-state index is 0.374. The van der Waals surface area contributed by atoms with E-state index in [0.717, 1.165) is 12.8 Å². The fourth-order valence-electron chi connectivity index (χ4n) is 2.44. The zero-order chi connectivity index (χ0) is 14.0. The number of anilines is 3. The summed E-state index contributed by atoms with van der Waals surface area (Å²) < 4.78 is 0. The molecule has 1 saturated carbocycles. The van der Waals surface area contributed by atoms with Gasteiger partial charge in [0.2, 0.25) is 17.8 Å². The normalized spacial score (nSPS) is 21.2. The third-order valence-electron chi connectivity index (χ3n) is 3.45. The summed E-state index contributed by atoms with van der Waals surface area (Å²) in [5, 5.41) is 3.38. The summed E-state index contributed by atoms with van der Waals surface area (Å²) in [6, 6.07) is 0.415. The van der Waals surface area contributed by atoms with Crippen molar-refractivity contribution in [2.24, 2.45) is 11.3 Å². The lowest BCUT2D eigenvalue weighted by molar-refractivity contribution is 0.378. The number of hydrogen-bond acceptors (Lipinski definition) is 7. The van der Waals surface area contributed by atoms with Crippen LogP contribution < -0.4 is 21.5 Å². The van der Waals surface area contributed by atoms with Gasteiger partial charge < -0.3 is 10.2 Å². The monoisotopic (exact) mass is 265 g/mol. The van der Waals surface area contributed by atoms with Gasteiger partial charge in [-0.1, -0.05) is 13.8 Å². The van der Waals surface area contributed by atoms with Crippen LogP contribution in [0.2, 0.25) is 0 Å². The first-order valence-corrected chi connectivity index (χ1v) is 6.56. The zero-order valence-electron chi connectivity index (χ0n) is 12.1. The molecule has 1 unspecified atom stereocenters. The van der Waals surface area contributed by atoms with Crippen molar-refractivity contribution < 1.29 is 0 Å². The van der Waals surface area contributed by atoms with E-state index in [1.54, 1.807) is 0 Å². The molecule has 0 aromatic carbocycles. The lowest BCUT2D eigenvalue weighted by Crippen LogP contribution is -2.23.